The van der Waals surface area contributed by atoms with E-state index < -0.39 is 28.1 Å². The number of nitrogens with one attached hydrogen (secondary N) is 1. The highest BCUT2D eigenvalue weighted by Crippen LogP contribution is 2.18. The van der Waals surface area contributed by atoms with E-state index in [2.05, 4.69) is 4.72 Å². The van der Waals surface area contributed by atoms with Gasteiger partial charge in [-0.1, -0.05) is 17.7 Å². The maximum absolute atomic E-state index is 12.4. The number of carbonyl (C=O) groups excluding carboxylic acids is 2. The Bertz CT molecular complexity index is 919. The van der Waals surface area contributed by atoms with Gasteiger partial charge in [0.15, 0.2) is 0 Å². The summed E-state index contributed by atoms with van der Waals surface area (Å²) in [6.07, 6.45) is -0.591. The van der Waals surface area contributed by atoms with Crippen LogP contribution in [-0.4, -0.2) is 33.1 Å². The predicted octanol–water partition coefficient (Wildman–Crippen LogP) is 2.27. The molecule has 1 heterocycles. The van der Waals surface area contributed by atoms with Gasteiger partial charge in [0.1, 0.15) is 0 Å². The number of sulfonamides is 1. The molecule has 1 N–H and O–H groups in total. The Morgan fingerprint density at radius 1 is 1.12 bits per heavy atom. The summed E-state index contributed by atoms with van der Waals surface area (Å²) in [5.74, 6) is -1.27. The van der Waals surface area contributed by atoms with Crippen molar-refractivity contribution in [3.63, 3.8) is 0 Å². The molecule has 0 bridgehead atoms. The minimum Gasteiger partial charge on any atom is -0.463 e. The topological polar surface area (TPSA) is 98.8 Å². The summed E-state index contributed by atoms with van der Waals surface area (Å²) in [7, 11) is -3.78. The maximum Gasteiger partial charge on any atom is 0.347 e. The molecule has 0 aliphatic carbocycles. The van der Waals surface area contributed by atoms with Crippen molar-refractivity contribution in [3.05, 3.63) is 59.7 Å². The lowest BCUT2D eigenvalue weighted by Gasteiger charge is -2.10. The number of cyclic esters (lactones) is 1. The van der Waals surface area contributed by atoms with Gasteiger partial charge < -0.3 is 9.47 Å². The first-order valence-corrected chi connectivity index (χ1v) is 9.41. The van der Waals surface area contributed by atoms with Gasteiger partial charge in [0.05, 0.1) is 17.1 Å². The molecule has 2 aromatic rings. The van der Waals surface area contributed by atoms with Gasteiger partial charge in [0, 0.05) is 12.1 Å². The average Bonchev–Trinajstić information content (AvgIpc) is 3.02. The van der Waals surface area contributed by atoms with Crippen LogP contribution in [0.2, 0.25) is 0 Å². The molecule has 1 fully saturated rings. The molecule has 0 radical (unpaired) electrons. The second-order valence-corrected chi connectivity index (χ2v) is 7.53. The smallest absolute Gasteiger partial charge is 0.347 e. The first-order valence-electron chi connectivity index (χ1n) is 7.92. The van der Waals surface area contributed by atoms with Gasteiger partial charge in [-0.25, -0.2) is 18.0 Å². The lowest BCUT2D eigenvalue weighted by atomic mass is 10.2. The van der Waals surface area contributed by atoms with Gasteiger partial charge in [-0.05, 0) is 43.3 Å². The molecule has 136 valence electrons. The van der Waals surface area contributed by atoms with E-state index in [1.807, 2.05) is 6.92 Å². The Kier molecular flexibility index (Phi) is 4.94. The molecule has 0 saturated carbocycles. The molecule has 1 saturated heterocycles. The molecule has 1 aliphatic heterocycles. The number of anilines is 1. The Hall–Kier alpha value is -2.87. The van der Waals surface area contributed by atoms with E-state index in [0.717, 1.165) is 5.56 Å². The van der Waals surface area contributed by atoms with Gasteiger partial charge in [0.2, 0.25) is 6.10 Å². The number of hydrogen-bond donors (Lipinski definition) is 1. The number of aryl methyl sites for hydroxylation is 1. The van der Waals surface area contributed by atoms with E-state index in [0.29, 0.717) is 12.1 Å². The van der Waals surface area contributed by atoms with Crippen molar-refractivity contribution in [3.8, 4) is 0 Å². The molecule has 1 aliphatic rings. The molecule has 0 spiro atoms. The molecule has 3 rings (SSSR count). The maximum atomic E-state index is 12.4. The monoisotopic (exact) mass is 375 g/mol. The summed E-state index contributed by atoms with van der Waals surface area (Å²) in [5, 5.41) is 0. The van der Waals surface area contributed by atoms with Gasteiger partial charge in [-0.15, -0.1) is 0 Å². The SMILES string of the molecule is Cc1ccc(NS(=O)(=O)c2ccc(C(=O)O[C@@H]3CCOC3=O)cc2)cc1. The fraction of sp³-hybridized carbons (Fsp3) is 0.222. The number of carbonyl (C=O) groups is 2. The standard InChI is InChI=1S/C18H17NO6S/c1-12-2-6-14(7-3-12)19-26(22,23)15-8-4-13(5-9-15)17(20)25-16-10-11-24-18(16)21/h2-9,16,19H,10-11H2,1H3/t16-/m1/s1. The summed E-state index contributed by atoms with van der Waals surface area (Å²) in [5.41, 5.74) is 1.61. The lowest BCUT2D eigenvalue weighted by Crippen LogP contribution is -2.22. The molecule has 1 atom stereocenters. The molecule has 2 aromatic carbocycles. The Labute approximate surface area is 151 Å². The van der Waals surface area contributed by atoms with Gasteiger partial charge in [0.25, 0.3) is 10.0 Å². The highest BCUT2D eigenvalue weighted by atomic mass is 32.2. The molecule has 7 nitrogen and oxygen atoms in total. The fourth-order valence-corrected chi connectivity index (χ4v) is 3.45. The number of esters is 2. The van der Waals surface area contributed by atoms with Crippen molar-refractivity contribution < 1.29 is 27.5 Å². The number of hydrogen-bond acceptors (Lipinski definition) is 6. The third kappa shape index (κ3) is 4.02. The van der Waals surface area contributed by atoms with Gasteiger partial charge in [-0.2, -0.15) is 0 Å². The van der Waals surface area contributed by atoms with Crippen molar-refractivity contribution in [1.29, 1.82) is 0 Å². The van der Waals surface area contributed by atoms with Crippen LogP contribution in [0.5, 0.6) is 0 Å². The van der Waals surface area contributed by atoms with Crippen molar-refractivity contribution >= 4 is 27.6 Å². The molecule has 26 heavy (non-hydrogen) atoms. The fourth-order valence-electron chi connectivity index (χ4n) is 2.39. The van der Waals surface area contributed by atoms with Crippen LogP contribution in [0.3, 0.4) is 0 Å². The number of benzene rings is 2. The van der Waals surface area contributed by atoms with Crippen molar-refractivity contribution in [2.24, 2.45) is 0 Å². The van der Waals surface area contributed by atoms with Crippen LogP contribution >= 0.6 is 0 Å². The summed E-state index contributed by atoms with van der Waals surface area (Å²) < 4.78 is 37.1. The Morgan fingerprint density at radius 2 is 1.77 bits per heavy atom. The van der Waals surface area contributed by atoms with E-state index in [1.165, 1.54) is 24.3 Å². The lowest BCUT2D eigenvalue weighted by molar-refractivity contribution is -0.145. The quantitative estimate of drug-likeness (QED) is 0.805. The molecule has 0 aromatic heterocycles. The van der Waals surface area contributed by atoms with Crippen molar-refractivity contribution in [2.45, 2.75) is 24.3 Å². The first kappa shape index (κ1) is 17.9. The summed E-state index contributed by atoms with van der Waals surface area (Å²) in [6, 6.07) is 12.2. The number of rotatable bonds is 5. The summed E-state index contributed by atoms with van der Waals surface area (Å²) >= 11 is 0. The first-order chi connectivity index (χ1) is 12.3. The van der Waals surface area contributed by atoms with E-state index in [4.69, 9.17) is 9.47 Å². The Balaban J connectivity index is 1.70. The van der Waals surface area contributed by atoms with Crippen LogP contribution in [0.25, 0.3) is 0 Å². The van der Waals surface area contributed by atoms with Crippen molar-refractivity contribution in [1.82, 2.24) is 0 Å². The van der Waals surface area contributed by atoms with Crippen LogP contribution in [0, 0.1) is 6.92 Å². The molecule has 8 heteroatoms. The van der Waals surface area contributed by atoms with Gasteiger partial charge >= 0.3 is 11.9 Å². The molecular formula is C18H17NO6S. The minimum atomic E-state index is -3.78. The third-order valence-corrected chi connectivity index (χ3v) is 5.24. The van der Waals surface area contributed by atoms with Crippen LogP contribution in [-0.2, 0) is 24.3 Å². The van der Waals surface area contributed by atoms with Crippen LogP contribution in [0.4, 0.5) is 5.69 Å². The van der Waals surface area contributed by atoms with Crippen LogP contribution in [0.15, 0.2) is 53.4 Å². The minimum absolute atomic E-state index is 0.00917. The zero-order valence-corrected chi connectivity index (χ0v) is 14.8. The zero-order chi connectivity index (χ0) is 18.7. The van der Waals surface area contributed by atoms with Crippen LogP contribution in [0.1, 0.15) is 22.3 Å². The third-order valence-electron chi connectivity index (χ3n) is 3.84. The molecular weight excluding hydrogens is 358 g/mol. The van der Waals surface area contributed by atoms with Crippen LogP contribution < -0.4 is 4.72 Å². The van der Waals surface area contributed by atoms with Crippen molar-refractivity contribution in [2.75, 3.05) is 11.3 Å². The molecule has 0 unspecified atom stereocenters. The highest BCUT2D eigenvalue weighted by molar-refractivity contribution is 7.92. The van der Waals surface area contributed by atoms with E-state index in [-0.39, 0.29) is 17.1 Å². The van der Waals surface area contributed by atoms with E-state index in [9.17, 15) is 18.0 Å². The molecule has 0 amide bonds. The second kappa shape index (κ2) is 7.17. The van der Waals surface area contributed by atoms with Gasteiger partial charge in [-0.3, -0.25) is 4.72 Å². The largest absolute Gasteiger partial charge is 0.463 e. The second-order valence-electron chi connectivity index (χ2n) is 5.85. The Morgan fingerprint density at radius 3 is 2.35 bits per heavy atom. The van der Waals surface area contributed by atoms with E-state index in [1.54, 1.807) is 24.3 Å². The zero-order valence-electron chi connectivity index (χ0n) is 14.0. The predicted molar refractivity (Wildman–Crippen MR) is 93.2 cm³/mol. The van der Waals surface area contributed by atoms with E-state index >= 15 is 0 Å². The average molecular weight is 375 g/mol. The summed E-state index contributed by atoms with van der Waals surface area (Å²) in [4.78, 5) is 23.4. The highest BCUT2D eigenvalue weighted by Gasteiger charge is 2.30. The summed E-state index contributed by atoms with van der Waals surface area (Å²) in [6.45, 7) is 2.12. The number of ether oxygens (including phenoxy) is 2. The normalized spacial score (nSPS) is 16.8.